The Kier molecular flexibility index (Phi) is 6.32. The molecular formula is C16H17N3OSe. The molecule has 0 heterocycles. The van der Waals surface area contributed by atoms with E-state index in [1.54, 1.807) is 7.11 Å². The first-order chi connectivity index (χ1) is 10.3. The Hall–Kier alpha value is -1.77. The molecule has 0 fully saturated rings. The molecule has 0 saturated heterocycles. The van der Waals surface area contributed by atoms with Crippen molar-refractivity contribution in [2.24, 2.45) is 5.11 Å². The van der Waals surface area contributed by atoms with E-state index in [2.05, 4.69) is 22.2 Å². The number of hydrogen-bond acceptors (Lipinski definition) is 2. The third-order valence-electron chi connectivity index (χ3n) is 3.03. The van der Waals surface area contributed by atoms with Crippen LogP contribution in [-0.4, -0.2) is 28.7 Å². The van der Waals surface area contributed by atoms with Crippen molar-refractivity contribution in [1.82, 2.24) is 0 Å². The molecule has 0 radical (unpaired) electrons. The van der Waals surface area contributed by atoms with Crippen molar-refractivity contribution in [2.45, 2.75) is 10.9 Å². The molecule has 4 nitrogen and oxygen atoms in total. The second kappa shape index (κ2) is 8.50. The summed E-state index contributed by atoms with van der Waals surface area (Å²) in [5.74, 6) is 0. The number of azide groups is 1. The Morgan fingerprint density at radius 2 is 1.71 bits per heavy atom. The molecule has 0 aromatic heterocycles. The van der Waals surface area contributed by atoms with Crippen molar-refractivity contribution in [3.05, 3.63) is 76.7 Å². The van der Waals surface area contributed by atoms with Gasteiger partial charge >= 0.3 is 131 Å². The average Bonchev–Trinajstić information content (AvgIpc) is 2.54. The van der Waals surface area contributed by atoms with Crippen LogP contribution in [0.25, 0.3) is 10.4 Å². The molecule has 2 aromatic carbocycles. The Labute approximate surface area is 130 Å². The van der Waals surface area contributed by atoms with Crippen LogP contribution in [0.4, 0.5) is 0 Å². The summed E-state index contributed by atoms with van der Waals surface area (Å²) >= 11 is 0.173. The topological polar surface area (TPSA) is 58.0 Å². The quantitative estimate of drug-likeness (QED) is 0.328. The Balaban J connectivity index is 2.26. The second-order valence-electron chi connectivity index (χ2n) is 4.49. The van der Waals surface area contributed by atoms with Gasteiger partial charge in [0.1, 0.15) is 0 Å². The summed E-state index contributed by atoms with van der Waals surface area (Å²) in [5, 5.41) is 4.03. The van der Waals surface area contributed by atoms with Crippen LogP contribution in [0.2, 0.25) is 4.82 Å². The molecule has 0 unspecified atom stereocenters. The summed E-state index contributed by atoms with van der Waals surface area (Å²) < 4.78 is 6.64. The van der Waals surface area contributed by atoms with E-state index in [0.717, 1.165) is 5.56 Å². The van der Waals surface area contributed by atoms with Gasteiger partial charge in [0.2, 0.25) is 0 Å². The fourth-order valence-corrected chi connectivity index (χ4v) is 4.62. The maximum absolute atomic E-state index is 8.91. The molecule has 2 aromatic rings. The van der Waals surface area contributed by atoms with Gasteiger partial charge in [0, 0.05) is 0 Å². The van der Waals surface area contributed by atoms with Gasteiger partial charge in [0.05, 0.1) is 0 Å². The average molecular weight is 346 g/mol. The van der Waals surface area contributed by atoms with Crippen molar-refractivity contribution < 1.29 is 4.74 Å². The van der Waals surface area contributed by atoms with Crippen LogP contribution in [0.1, 0.15) is 11.6 Å². The van der Waals surface area contributed by atoms with Gasteiger partial charge in [-0.2, -0.15) is 0 Å². The van der Waals surface area contributed by atoms with Gasteiger partial charge < -0.3 is 0 Å². The zero-order chi connectivity index (χ0) is 14.9. The SMILES string of the molecule is COC[C@H]([Se]c1ccccc1)[C@H](N=[N+]=[N-])c1ccccc1. The zero-order valence-electron chi connectivity index (χ0n) is 11.8. The fraction of sp³-hybridized carbons (Fsp3) is 0.250. The molecule has 0 spiro atoms. The first-order valence-electron chi connectivity index (χ1n) is 6.65. The third kappa shape index (κ3) is 4.62. The van der Waals surface area contributed by atoms with Gasteiger partial charge in [0.25, 0.3) is 0 Å². The zero-order valence-corrected chi connectivity index (χ0v) is 13.5. The summed E-state index contributed by atoms with van der Waals surface area (Å²) in [7, 11) is 1.69. The summed E-state index contributed by atoms with van der Waals surface area (Å²) in [6.07, 6.45) is 0. The summed E-state index contributed by atoms with van der Waals surface area (Å²) in [6.45, 7) is 0.577. The minimum atomic E-state index is -0.198. The van der Waals surface area contributed by atoms with E-state index in [0.29, 0.717) is 6.61 Å². The maximum atomic E-state index is 8.91. The van der Waals surface area contributed by atoms with Crippen molar-refractivity contribution in [2.75, 3.05) is 13.7 Å². The molecule has 0 aliphatic carbocycles. The van der Waals surface area contributed by atoms with Crippen molar-refractivity contribution in [3.8, 4) is 0 Å². The van der Waals surface area contributed by atoms with E-state index in [4.69, 9.17) is 10.3 Å². The van der Waals surface area contributed by atoms with Crippen molar-refractivity contribution in [1.29, 1.82) is 0 Å². The van der Waals surface area contributed by atoms with Crippen LogP contribution in [0.3, 0.4) is 0 Å². The van der Waals surface area contributed by atoms with Gasteiger partial charge in [-0.3, -0.25) is 0 Å². The predicted octanol–water partition coefficient (Wildman–Crippen LogP) is 3.50. The van der Waals surface area contributed by atoms with Gasteiger partial charge in [-0.25, -0.2) is 0 Å². The number of ether oxygens (including phenoxy) is 1. The van der Waals surface area contributed by atoms with Crippen LogP contribution < -0.4 is 4.46 Å². The number of methoxy groups -OCH3 is 1. The molecule has 2 rings (SSSR count). The fourth-order valence-electron chi connectivity index (χ4n) is 2.09. The summed E-state index contributed by atoms with van der Waals surface area (Å²) in [4.78, 5) is 3.21. The van der Waals surface area contributed by atoms with Crippen molar-refractivity contribution in [3.63, 3.8) is 0 Å². The molecule has 0 saturated carbocycles. The molecule has 0 aliphatic rings. The Morgan fingerprint density at radius 1 is 1.10 bits per heavy atom. The van der Waals surface area contributed by atoms with Crippen LogP contribution >= 0.6 is 0 Å². The van der Waals surface area contributed by atoms with Crippen LogP contribution in [0.15, 0.2) is 65.8 Å². The normalized spacial score (nSPS) is 13.2. The first kappa shape index (κ1) is 15.6. The van der Waals surface area contributed by atoms with Crippen molar-refractivity contribution >= 4 is 19.4 Å². The van der Waals surface area contributed by atoms with Gasteiger partial charge in [-0.05, 0) is 0 Å². The molecule has 21 heavy (non-hydrogen) atoms. The number of benzene rings is 2. The molecular weight excluding hydrogens is 329 g/mol. The second-order valence-corrected chi connectivity index (χ2v) is 7.24. The van der Waals surface area contributed by atoms with Gasteiger partial charge in [0.15, 0.2) is 0 Å². The molecule has 0 aliphatic heterocycles. The molecule has 0 bridgehead atoms. The number of hydrogen-bond donors (Lipinski definition) is 0. The predicted molar refractivity (Wildman–Crippen MR) is 85.8 cm³/mol. The van der Waals surface area contributed by atoms with Crippen LogP contribution in [0.5, 0.6) is 0 Å². The summed E-state index contributed by atoms with van der Waals surface area (Å²) in [6, 6.07) is 20.0. The van der Waals surface area contributed by atoms with E-state index in [1.807, 2.05) is 48.5 Å². The van der Waals surface area contributed by atoms with E-state index >= 15 is 0 Å². The van der Waals surface area contributed by atoms with E-state index in [-0.39, 0.29) is 25.8 Å². The molecule has 0 amide bonds. The number of nitrogens with zero attached hydrogens (tertiary/aromatic N) is 3. The van der Waals surface area contributed by atoms with Crippen LogP contribution in [0, 0.1) is 0 Å². The number of rotatable bonds is 7. The van der Waals surface area contributed by atoms with E-state index in [1.165, 1.54) is 4.46 Å². The van der Waals surface area contributed by atoms with Gasteiger partial charge in [-0.15, -0.1) is 0 Å². The monoisotopic (exact) mass is 347 g/mol. The Bertz CT molecular complexity index is 585. The van der Waals surface area contributed by atoms with Gasteiger partial charge in [-0.1, -0.05) is 0 Å². The first-order valence-corrected chi connectivity index (χ1v) is 8.49. The van der Waals surface area contributed by atoms with E-state index < -0.39 is 0 Å². The minimum absolute atomic E-state index is 0.170. The van der Waals surface area contributed by atoms with E-state index in [9.17, 15) is 0 Å². The molecule has 2 atom stereocenters. The molecule has 5 heteroatoms. The Morgan fingerprint density at radius 3 is 2.29 bits per heavy atom. The third-order valence-corrected chi connectivity index (χ3v) is 5.63. The molecule has 108 valence electrons. The molecule has 0 N–H and O–H groups in total. The standard InChI is InChI=1S/C16H17N3OSe/c1-20-12-15(21-14-10-6-3-7-11-14)16(18-19-17)13-8-4-2-5-9-13/h2-11,15-16H,12H2,1H3/t15-,16+/m0/s1. The summed E-state index contributed by atoms with van der Waals surface area (Å²) in [5.41, 5.74) is 9.94. The van der Waals surface area contributed by atoms with Crippen LogP contribution in [-0.2, 0) is 4.74 Å².